The topological polar surface area (TPSA) is 66.5 Å². The highest BCUT2D eigenvalue weighted by Gasteiger charge is 2.34. The Bertz CT molecular complexity index is 838. The summed E-state index contributed by atoms with van der Waals surface area (Å²) in [7, 11) is -3.98. The third-order valence-electron chi connectivity index (χ3n) is 4.13. The van der Waals surface area contributed by atoms with Crippen LogP contribution in [0.25, 0.3) is 0 Å². The summed E-state index contributed by atoms with van der Waals surface area (Å²) >= 11 is 5.57. The Hall–Kier alpha value is -1.74. The number of hydrogen-bond acceptors (Lipinski definition) is 3. The van der Waals surface area contributed by atoms with Crippen LogP contribution in [0.4, 0.5) is 18.9 Å². The monoisotopic (exact) mass is 424 g/mol. The normalized spacial score (nSPS) is 15.2. The van der Waals surface area contributed by atoms with Crippen molar-refractivity contribution in [2.75, 3.05) is 23.7 Å². The van der Waals surface area contributed by atoms with Gasteiger partial charge in [-0.1, -0.05) is 23.3 Å². The summed E-state index contributed by atoms with van der Waals surface area (Å²) in [6, 6.07) is 2.72. The molecule has 0 atom stereocenters. The molecule has 1 aromatic carbocycles. The van der Waals surface area contributed by atoms with Crippen LogP contribution >= 0.6 is 11.6 Å². The van der Waals surface area contributed by atoms with E-state index in [1.165, 1.54) is 0 Å². The molecule has 2 rings (SSSR count). The van der Waals surface area contributed by atoms with Gasteiger partial charge in [-0.05, 0) is 43.9 Å². The first-order chi connectivity index (χ1) is 12.5. The summed E-state index contributed by atoms with van der Waals surface area (Å²) in [6.07, 6.45) is 2.04. The molecule has 0 aliphatic heterocycles. The number of carbonyl (C=O) groups excluding carboxylic acids is 1. The number of amides is 1. The number of nitrogens with zero attached hydrogens (tertiary/aromatic N) is 1. The van der Waals surface area contributed by atoms with Gasteiger partial charge in [-0.3, -0.25) is 9.10 Å². The quantitative estimate of drug-likeness (QED) is 0.707. The van der Waals surface area contributed by atoms with E-state index in [1.54, 1.807) is 0 Å². The van der Waals surface area contributed by atoms with E-state index in [2.05, 4.69) is 5.32 Å². The Kier molecular flexibility index (Phi) is 6.80. The molecule has 0 fully saturated rings. The van der Waals surface area contributed by atoms with Crippen molar-refractivity contribution in [3.8, 4) is 0 Å². The largest absolute Gasteiger partial charge is 0.417 e. The molecule has 1 amide bonds. The number of alkyl halides is 3. The molecule has 1 aliphatic carbocycles. The molecule has 0 heterocycles. The molecule has 0 saturated carbocycles. The maximum absolute atomic E-state index is 13.0. The van der Waals surface area contributed by atoms with Gasteiger partial charge in [0.1, 0.15) is 6.54 Å². The lowest BCUT2D eigenvalue weighted by Gasteiger charge is -2.23. The van der Waals surface area contributed by atoms with Gasteiger partial charge in [-0.25, -0.2) is 8.42 Å². The van der Waals surface area contributed by atoms with Crippen molar-refractivity contribution in [2.45, 2.75) is 31.9 Å². The number of benzene rings is 1. The van der Waals surface area contributed by atoms with Gasteiger partial charge in [0.05, 0.1) is 22.5 Å². The predicted molar refractivity (Wildman–Crippen MR) is 98.2 cm³/mol. The second-order valence-electron chi connectivity index (χ2n) is 6.32. The minimum Gasteiger partial charge on any atom is -0.351 e. The molecule has 1 aliphatic rings. The van der Waals surface area contributed by atoms with Crippen molar-refractivity contribution in [1.82, 2.24) is 5.32 Å². The lowest BCUT2D eigenvalue weighted by molar-refractivity contribution is -0.137. The number of hydrogen-bond donors (Lipinski definition) is 1. The van der Waals surface area contributed by atoms with Gasteiger partial charge in [0, 0.05) is 6.54 Å². The number of halogens is 4. The van der Waals surface area contributed by atoms with E-state index in [-0.39, 0.29) is 5.69 Å². The molecule has 0 radical (unpaired) electrons. The maximum Gasteiger partial charge on any atom is 0.417 e. The van der Waals surface area contributed by atoms with E-state index in [0.717, 1.165) is 49.6 Å². The summed E-state index contributed by atoms with van der Waals surface area (Å²) in [5.74, 6) is -0.601. The molecule has 0 unspecified atom stereocenters. The van der Waals surface area contributed by atoms with E-state index in [1.807, 2.05) is 6.08 Å². The Morgan fingerprint density at radius 1 is 1.30 bits per heavy atom. The van der Waals surface area contributed by atoms with Gasteiger partial charge in [-0.2, -0.15) is 13.2 Å². The molecule has 5 nitrogen and oxygen atoms in total. The molecule has 0 bridgehead atoms. The SMILES string of the molecule is CS(=O)(=O)N(CC(=O)NCC1=CCCCC1)c1ccc(Cl)c(C(F)(F)F)c1. The number of sulfonamides is 1. The zero-order chi connectivity index (χ0) is 20.2. The van der Waals surface area contributed by atoms with Gasteiger partial charge in [0.25, 0.3) is 0 Å². The summed E-state index contributed by atoms with van der Waals surface area (Å²) in [4.78, 5) is 12.2. The van der Waals surface area contributed by atoms with E-state index in [0.29, 0.717) is 16.9 Å². The van der Waals surface area contributed by atoms with Gasteiger partial charge < -0.3 is 5.32 Å². The molecule has 150 valence electrons. The number of allylic oxidation sites excluding steroid dienone is 1. The third kappa shape index (κ3) is 6.14. The van der Waals surface area contributed by atoms with Crippen molar-refractivity contribution in [1.29, 1.82) is 0 Å². The average molecular weight is 425 g/mol. The highest BCUT2D eigenvalue weighted by atomic mass is 35.5. The fourth-order valence-corrected chi connectivity index (χ4v) is 3.82. The molecular weight excluding hydrogens is 405 g/mol. The number of nitrogens with one attached hydrogen (secondary N) is 1. The van der Waals surface area contributed by atoms with Crippen LogP contribution in [0.2, 0.25) is 5.02 Å². The van der Waals surface area contributed by atoms with Crippen LogP contribution in [0.5, 0.6) is 0 Å². The molecule has 0 spiro atoms. The summed E-state index contributed by atoms with van der Waals surface area (Å²) < 4.78 is 63.8. The molecular formula is C17H20ClF3N2O3S. The minimum atomic E-state index is -4.74. The highest BCUT2D eigenvalue weighted by molar-refractivity contribution is 7.92. The van der Waals surface area contributed by atoms with Crippen molar-refractivity contribution in [2.24, 2.45) is 0 Å². The van der Waals surface area contributed by atoms with Crippen molar-refractivity contribution in [3.05, 3.63) is 40.4 Å². The summed E-state index contributed by atoms with van der Waals surface area (Å²) in [6.45, 7) is -0.324. The van der Waals surface area contributed by atoms with Crippen molar-refractivity contribution >= 4 is 33.2 Å². The summed E-state index contributed by atoms with van der Waals surface area (Å²) in [5, 5.41) is 2.07. The Morgan fingerprint density at radius 2 is 2.00 bits per heavy atom. The first kappa shape index (κ1) is 21.6. The third-order valence-corrected chi connectivity index (χ3v) is 5.60. The van der Waals surface area contributed by atoms with E-state index >= 15 is 0 Å². The number of anilines is 1. The Morgan fingerprint density at radius 3 is 2.56 bits per heavy atom. The van der Waals surface area contributed by atoms with Gasteiger partial charge in [0.15, 0.2) is 0 Å². The fraction of sp³-hybridized carbons (Fsp3) is 0.471. The molecule has 1 N–H and O–H groups in total. The molecule has 1 aromatic rings. The minimum absolute atomic E-state index is 0.277. The lowest BCUT2D eigenvalue weighted by atomic mass is 10.00. The molecule has 10 heteroatoms. The second kappa shape index (κ2) is 8.52. The highest BCUT2D eigenvalue weighted by Crippen LogP contribution is 2.37. The predicted octanol–water partition coefficient (Wildman–Crippen LogP) is 3.74. The Balaban J connectivity index is 2.19. The van der Waals surface area contributed by atoms with Crippen LogP contribution in [0.1, 0.15) is 31.2 Å². The van der Waals surface area contributed by atoms with Crippen LogP contribution in [0.15, 0.2) is 29.8 Å². The van der Waals surface area contributed by atoms with Crippen molar-refractivity contribution < 1.29 is 26.4 Å². The number of carbonyl (C=O) groups is 1. The molecule has 27 heavy (non-hydrogen) atoms. The molecule has 0 saturated heterocycles. The Labute approximate surface area is 161 Å². The maximum atomic E-state index is 13.0. The van der Waals surface area contributed by atoms with Crippen molar-refractivity contribution in [3.63, 3.8) is 0 Å². The second-order valence-corrected chi connectivity index (χ2v) is 8.63. The first-order valence-electron chi connectivity index (χ1n) is 8.27. The summed E-state index contributed by atoms with van der Waals surface area (Å²) in [5.41, 5.74) is -0.379. The lowest BCUT2D eigenvalue weighted by Crippen LogP contribution is -2.41. The van der Waals surface area contributed by atoms with Crippen LogP contribution in [0, 0.1) is 0 Å². The smallest absolute Gasteiger partial charge is 0.351 e. The van der Waals surface area contributed by atoms with Crippen LogP contribution in [0.3, 0.4) is 0 Å². The van der Waals surface area contributed by atoms with Gasteiger partial charge in [0.2, 0.25) is 15.9 Å². The van der Waals surface area contributed by atoms with E-state index < -0.39 is 39.2 Å². The number of rotatable bonds is 6. The van der Waals surface area contributed by atoms with Gasteiger partial charge >= 0.3 is 6.18 Å². The van der Waals surface area contributed by atoms with E-state index in [9.17, 15) is 26.4 Å². The zero-order valence-corrected chi connectivity index (χ0v) is 16.2. The first-order valence-corrected chi connectivity index (χ1v) is 10.5. The average Bonchev–Trinajstić information content (AvgIpc) is 2.57. The van der Waals surface area contributed by atoms with Gasteiger partial charge in [-0.15, -0.1) is 0 Å². The zero-order valence-electron chi connectivity index (χ0n) is 14.6. The van der Waals surface area contributed by atoms with E-state index in [4.69, 9.17) is 11.6 Å². The van der Waals surface area contributed by atoms with Crippen LogP contribution in [-0.4, -0.2) is 33.7 Å². The molecule has 0 aromatic heterocycles. The fourth-order valence-electron chi connectivity index (χ4n) is 2.75. The van der Waals surface area contributed by atoms with Crippen LogP contribution < -0.4 is 9.62 Å². The standard InChI is InChI=1S/C17H20ClF3N2O3S/c1-27(25,26)23(11-16(24)22-10-12-5-3-2-4-6-12)13-7-8-15(18)14(9-13)17(19,20)21/h5,7-9H,2-4,6,10-11H2,1H3,(H,22,24). The van der Waals surface area contributed by atoms with Crippen LogP contribution in [-0.2, 0) is 21.0 Å².